The third-order valence-electron chi connectivity index (χ3n) is 5.71. The van der Waals surface area contributed by atoms with E-state index in [0.717, 1.165) is 16.5 Å². The van der Waals surface area contributed by atoms with E-state index in [1.807, 2.05) is 24.3 Å². The number of fused-ring (bicyclic) bond motifs is 1. The molecule has 1 fully saturated rings. The first-order chi connectivity index (χ1) is 15.0. The summed E-state index contributed by atoms with van der Waals surface area (Å²) in [5, 5.41) is 3.74. The van der Waals surface area contributed by atoms with Gasteiger partial charge in [-0.1, -0.05) is 36.4 Å². The molecular formula is C23H24N2O5S. The van der Waals surface area contributed by atoms with Gasteiger partial charge in [0, 0.05) is 31.2 Å². The Morgan fingerprint density at radius 3 is 2.48 bits per heavy atom. The topological polar surface area (TPSA) is 94.6 Å². The lowest BCUT2D eigenvalue weighted by molar-refractivity contribution is -0.126. The predicted molar refractivity (Wildman–Crippen MR) is 117 cm³/mol. The van der Waals surface area contributed by atoms with Gasteiger partial charge in [-0.3, -0.25) is 4.79 Å². The summed E-state index contributed by atoms with van der Waals surface area (Å²) in [5.74, 6) is -0.0832. The van der Waals surface area contributed by atoms with E-state index in [1.54, 1.807) is 24.3 Å². The van der Waals surface area contributed by atoms with Gasteiger partial charge in [0.1, 0.15) is 0 Å². The van der Waals surface area contributed by atoms with Crippen LogP contribution in [-0.4, -0.2) is 44.4 Å². The minimum absolute atomic E-state index is 0.108. The van der Waals surface area contributed by atoms with Crippen LogP contribution >= 0.6 is 0 Å². The Hall–Kier alpha value is -2.97. The van der Waals surface area contributed by atoms with Crippen molar-refractivity contribution in [3.8, 4) is 5.88 Å². The zero-order chi connectivity index (χ0) is 21.9. The molecular weight excluding hydrogens is 416 g/mol. The molecule has 4 rings (SSSR count). The average molecular weight is 441 g/mol. The number of hydrogen-bond donors (Lipinski definition) is 1. The number of para-hydroxylation sites is 1. The monoisotopic (exact) mass is 440 g/mol. The van der Waals surface area contributed by atoms with E-state index in [-0.39, 0.29) is 37.5 Å². The highest BCUT2D eigenvalue weighted by molar-refractivity contribution is 7.93. The van der Waals surface area contributed by atoms with Crippen LogP contribution in [0.1, 0.15) is 18.4 Å². The van der Waals surface area contributed by atoms with Crippen molar-refractivity contribution >= 4 is 26.6 Å². The van der Waals surface area contributed by atoms with Crippen molar-refractivity contribution in [3.63, 3.8) is 0 Å². The maximum absolute atomic E-state index is 13.5. The molecule has 1 N–H and O–H groups in total. The second kappa shape index (κ2) is 8.64. The molecule has 2 heterocycles. The highest BCUT2D eigenvalue weighted by atomic mass is 32.2. The Kier molecular flexibility index (Phi) is 5.93. The molecule has 1 aromatic heterocycles. The summed E-state index contributed by atoms with van der Waals surface area (Å²) in [6, 6.07) is 17.4. The standard InChI is InChI=1S/C23H24N2O5S/c1-29-21-15-17(19-9-5-6-10-20(19)25-21)16-24-22(26)23(11-13-30-14-12-23)31(27,28)18-7-3-2-4-8-18/h2-10,15H,11-14,16H2,1H3,(H,24,26). The number of carbonyl (C=O) groups excluding carboxylic acids is 1. The van der Waals surface area contributed by atoms with Gasteiger partial charge >= 0.3 is 0 Å². The number of pyridine rings is 1. The SMILES string of the molecule is COc1cc(CNC(=O)C2(S(=O)(=O)c3ccccc3)CCOCC2)c2ccccc2n1. The van der Waals surface area contributed by atoms with Crippen LogP contribution in [0.25, 0.3) is 10.9 Å². The van der Waals surface area contributed by atoms with Crippen LogP contribution < -0.4 is 10.1 Å². The van der Waals surface area contributed by atoms with Gasteiger partial charge in [-0.15, -0.1) is 0 Å². The Bertz CT molecular complexity index is 1190. The van der Waals surface area contributed by atoms with Crippen molar-refractivity contribution in [1.82, 2.24) is 10.3 Å². The van der Waals surface area contributed by atoms with Crippen LogP contribution in [0.5, 0.6) is 5.88 Å². The maximum Gasteiger partial charge on any atom is 0.242 e. The quantitative estimate of drug-likeness (QED) is 0.633. The van der Waals surface area contributed by atoms with Crippen LogP contribution in [0.2, 0.25) is 0 Å². The number of nitrogens with one attached hydrogen (secondary N) is 1. The van der Waals surface area contributed by atoms with E-state index < -0.39 is 20.5 Å². The van der Waals surface area contributed by atoms with Crippen molar-refractivity contribution in [2.75, 3.05) is 20.3 Å². The minimum atomic E-state index is -3.91. The molecule has 0 spiro atoms. The van der Waals surface area contributed by atoms with Gasteiger partial charge in [-0.2, -0.15) is 0 Å². The van der Waals surface area contributed by atoms with Crippen LogP contribution in [0, 0.1) is 0 Å². The number of methoxy groups -OCH3 is 1. The zero-order valence-corrected chi connectivity index (χ0v) is 18.0. The van der Waals surface area contributed by atoms with Crippen molar-refractivity contribution in [3.05, 3.63) is 66.2 Å². The number of ether oxygens (including phenoxy) is 2. The third kappa shape index (κ3) is 3.88. The molecule has 3 aromatic rings. The molecule has 7 nitrogen and oxygen atoms in total. The summed E-state index contributed by atoms with van der Waals surface area (Å²) < 4.78 is 36.2. The Morgan fingerprint density at radius 2 is 1.77 bits per heavy atom. The number of benzene rings is 2. The largest absolute Gasteiger partial charge is 0.481 e. The molecule has 1 amide bonds. The molecule has 0 unspecified atom stereocenters. The number of sulfone groups is 1. The van der Waals surface area contributed by atoms with Gasteiger partial charge in [-0.25, -0.2) is 13.4 Å². The summed E-state index contributed by atoms with van der Waals surface area (Å²) in [5.41, 5.74) is 1.54. The normalized spacial score (nSPS) is 16.0. The zero-order valence-electron chi connectivity index (χ0n) is 17.2. The molecule has 8 heteroatoms. The van der Waals surface area contributed by atoms with Gasteiger partial charge in [0.25, 0.3) is 0 Å². The highest BCUT2D eigenvalue weighted by Gasteiger charge is 2.52. The Morgan fingerprint density at radius 1 is 1.10 bits per heavy atom. The molecule has 1 aliphatic rings. The maximum atomic E-state index is 13.5. The van der Waals surface area contributed by atoms with Gasteiger partial charge in [0.15, 0.2) is 14.6 Å². The lowest BCUT2D eigenvalue weighted by Gasteiger charge is -2.35. The van der Waals surface area contributed by atoms with E-state index in [9.17, 15) is 13.2 Å². The number of nitrogens with zero attached hydrogens (tertiary/aromatic N) is 1. The third-order valence-corrected chi connectivity index (χ3v) is 8.22. The summed E-state index contributed by atoms with van der Waals surface area (Å²) in [7, 11) is -2.38. The molecule has 0 radical (unpaired) electrons. The number of aromatic nitrogens is 1. The first kappa shape index (κ1) is 21.3. The molecule has 0 bridgehead atoms. The van der Waals surface area contributed by atoms with Crippen molar-refractivity contribution in [1.29, 1.82) is 0 Å². The summed E-state index contributed by atoms with van der Waals surface area (Å²) in [4.78, 5) is 18.0. The van der Waals surface area contributed by atoms with E-state index in [0.29, 0.717) is 5.88 Å². The first-order valence-electron chi connectivity index (χ1n) is 10.1. The molecule has 0 saturated carbocycles. The van der Waals surface area contributed by atoms with Crippen molar-refractivity contribution in [2.45, 2.75) is 29.0 Å². The predicted octanol–water partition coefficient (Wildman–Crippen LogP) is 2.88. The number of hydrogen-bond acceptors (Lipinski definition) is 6. The molecule has 1 aliphatic heterocycles. The second-order valence-electron chi connectivity index (χ2n) is 7.45. The minimum Gasteiger partial charge on any atom is -0.481 e. The fourth-order valence-electron chi connectivity index (χ4n) is 3.95. The fraction of sp³-hybridized carbons (Fsp3) is 0.304. The lowest BCUT2D eigenvalue weighted by Crippen LogP contribution is -2.55. The molecule has 1 saturated heterocycles. The first-order valence-corrected chi connectivity index (χ1v) is 11.5. The number of amides is 1. The lowest BCUT2D eigenvalue weighted by atomic mass is 9.97. The van der Waals surface area contributed by atoms with Crippen molar-refractivity contribution < 1.29 is 22.7 Å². The van der Waals surface area contributed by atoms with E-state index in [4.69, 9.17) is 9.47 Å². The summed E-state index contributed by atoms with van der Waals surface area (Å²) in [6.07, 6.45) is 0.215. The summed E-state index contributed by atoms with van der Waals surface area (Å²) in [6.45, 7) is 0.585. The Labute approximate surface area is 181 Å². The Balaban J connectivity index is 1.67. The van der Waals surface area contributed by atoms with Gasteiger partial charge in [0.2, 0.25) is 11.8 Å². The smallest absolute Gasteiger partial charge is 0.242 e. The second-order valence-corrected chi connectivity index (χ2v) is 9.71. The summed E-state index contributed by atoms with van der Waals surface area (Å²) >= 11 is 0. The van der Waals surface area contributed by atoms with E-state index in [2.05, 4.69) is 10.3 Å². The van der Waals surface area contributed by atoms with Crippen LogP contribution in [-0.2, 0) is 25.9 Å². The van der Waals surface area contributed by atoms with Crippen LogP contribution in [0.15, 0.2) is 65.6 Å². The van der Waals surface area contributed by atoms with Gasteiger partial charge < -0.3 is 14.8 Å². The molecule has 2 aromatic carbocycles. The van der Waals surface area contributed by atoms with E-state index in [1.165, 1.54) is 19.2 Å². The van der Waals surface area contributed by atoms with Gasteiger partial charge in [0.05, 0.1) is 17.5 Å². The van der Waals surface area contributed by atoms with Crippen LogP contribution in [0.3, 0.4) is 0 Å². The molecule has 0 aliphatic carbocycles. The highest BCUT2D eigenvalue weighted by Crippen LogP contribution is 2.35. The molecule has 31 heavy (non-hydrogen) atoms. The number of carbonyl (C=O) groups is 1. The van der Waals surface area contributed by atoms with Crippen LogP contribution in [0.4, 0.5) is 0 Å². The van der Waals surface area contributed by atoms with Crippen molar-refractivity contribution in [2.24, 2.45) is 0 Å². The number of rotatable bonds is 6. The average Bonchev–Trinajstić information content (AvgIpc) is 2.83. The molecule has 162 valence electrons. The van der Waals surface area contributed by atoms with Gasteiger partial charge in [-0.05, 0) is 36.6 Å². The molecule has 0 atom stereocenters. The fourth-order valence-corrected chi connectivity index (χ4v) is 5.94. The van der Waals surface area contributed by atoms with E-state index >= 15 is 0 Å².